The van der Waals surface area contributed by atoms with Crippen LogP contribution in [0.15, 0.2) is 0 Å². The molecule has 3 heteroatoms. The van der Waals surface area contributed by atoms with E-state index in [4.69, 9.17) is 0 Å². The molecule has 100 valence electrons. The van der Waals surface area contributed by atoms with Gasteiger partial charge in [-0.25, -0.2) is 0 Å². The van der Waals surface area contributed by atoms with Crippen LogP contribution in [0.4, 0.5) is 0 Å². The normalized spacial score (nSPS) is 28.6. The number of rotatable bonds is 6. The van der Waals surface area contributed by atoms with Gasteiger partial charge in [0, 0.05) is 0 Å². The molecule has 1 fully saturated rings. The van der Waals surface area contributed by atoms with E-state index in [0.717, 1.165) is 44.4 Å². The minimum atomic E-state index is -0.829. The standard InChI is InChI=1S/C14H26O3/c1-3-4-5-12(14(16)17)13(15)11-8-6-10(2)7-9-11/h10-13,15H,3-9H2,1-2H3,(H,16,17). The fourth-order valence-corrected chi connectivity index (χ4v) is 2.82. The lowest BCUT2D eigenvalue weighted by atomic mass is 9.76. The van der Waals surface area contributed by atoms with Crippen molar-refractivity contribution >= 4 is 5.97 Å². The predicted molar refractivity (Wildman–Crippen MR) is 67.8 cm³/mol. The number of unbranched alkanes of at least 4 members (excludes halogenated alkanes) is 1. The van der Waals surface area contributed by atoms with Crippen LogP contribution in [-0.2, 0) is 4.79 Å². The topological polar surface area (TPSA) is 57.5 Å². The van der Waals surface area contributed by atoms with Crippen LogP contribution in [0.1, 0.15) is 58.8 Å². The predicted octanol–water partition coefficient (Wildman–Crippen LogP) is 3.06. The lowest BCUT2D eigenvalue weighted by molar-refractivity contribution is -0.148. The lowest BCUT2D eigenvalue weighted by Gasteiger charge is -2.32. The Labute approximate surface area is 104 Å². The third-order valence-corrected chi connectivity index (χ3v) is 4.14. The van der Waals surface area contributed by atoms with E-state index in [-0.39, 0.29) is 5.92 Å². The summed E-state index contributed by atoms with van der Waals surface area (Å²) in [6, 6.07) is 0. The number of hydrogen-bond donors (Lipinski definition) is 2. The first kappa shape index (κ1) is 14.5. The monoisotopic (exact) mass is 242 g/mol. The summed E-state index contributed by atoms with van der Waals surface area (Å²) >= 11 is 0. The van der Waals surface area contributed by atoms with Crippen molar-refractivity contribution < 1.29 is 15.0 Å². The van der Waals surface area contributed by atoms with Crippen LogP contribution in [0.5, 0.6) is 0 Å². The molecule has 0 spiro atoms. The van der Waals surface area contributed by atoms with Gasteiger partial charge in [0.15, 0.2) is 0 Å². The first-order valence-electron chi connectivity index (χ1n) is 6.97. The van der Waals surface area contributed by atoms with Gasteiger partial charge >= 0.3 is 5.97 Å². The van der Waals surface area contributed by atoms with Crippen LogP contribution in [-0.4, -0.2) is 22.3 Å². The Hall–Kier alpha value is -0.570. The van der Waals surface area contributed by atoms with Crippen LogP contribution in [0.2, 0.25) is 0 Å². The van der Waals surface area contributed by atoms with Gasteiger partial charge in [-0.1, -0.05) is 39.5 Å². The smallest absolute Gasteiger partial charge is 0.309 e. The second-order valence-corrected chi connectivity index (χ2v) is 5.60. The molecule has 0 aromatic heterocycles. The molecule has 0 aromatic carbocycles. The molecular formula is C14H26O3. The highest BCUT2D eigenvalue weighted by molar-refractivity contribution is 5.70. The highest BCUT2D eigenvalue weighted by Crippen LogP contribution is 2.34. The van der Waals surface area contributed by atoms with E-state index < -0.39 is 18.0 Å². The minimum Gasteiger partial charge on any atom is -0.481 e. The maximum absolute atomic E-state index is 11.2. The molecule has 0 radical (unpaired) electrons. The second-order valence-electron chi connectivity index (χ2n) is 5.60. The Morgan fingerprint density at radius 2 is 1.88 bits per heavy atom. The zero-order valence-corrected chi connectivity index (χ0v) is 11.1. The second kappa shape index (κ2) is 7.00. The first-order chi connectivity index (χ1) is 8.06. The van der Waals surface area contributed by atoms with Gasteiger partial charge in [0.25, 0.3) is 0 Å². The third-order valence-electron chi connectivity index (χ3n) is 4.14. The summed E-state index contributed by atoms with van der Waals surface area (Å²) in [5.41, 5.74) is 0. The molecule has 3 nitrogen and oxygen atoms in total. The Morgan fingerprint density at radius 1 is 1.29 bits per heavy atom. The molecule has 2 atom stereocenters. The van der Waals surface area contributed by atoms with E-state index >= 15 is 0 Å². The Kier molecular flexibility index (Phi) is 5.96. The van der Waals surface area contributed by atoms with Crippen molar-refractivity contribution in [2.24, 2.45) is 17.8 Å². The molecule has 0 aliphatic heterocycles. The summed E-state index contributed by atoms with van der Waals surface area (Å²) < 4.78 is 0. The van der Waals surface area contributed by atoms with E-state index in [1.807, 2.05) is 6.92 Å². The van der Waals surface area contributed by atoms with Crippen molar-refractivity contribution in [2.45, 2.75) is 64.9 Å². The number of aliphatic hydroxyl groups excluding tert-OH is 1. The zero-order chi connectivity index (χ0) is 12.8. The van der Waals surface area contributed by atoms with Gasteiger partial charge in [-0.15, -0.1) is 0 Å². The average Bonchev–Trinajstić information content (AvgIpc) is 2.29. The van der Waals surface area contributed by atoms with Crippen LogP contribution in [0.25, 0.3) is 0 Å². The summed E-state index contributed by atoms with van der Waals surface area (Å²) in [5.74, 6) is -0.459. The van der Waals surface area contributed by atoms with E-state index in [1.54, 1.807) is 0 Å². The van der Waals surface area contributed by atoms with Gasteiger partial charge in [0.2, 0.25) is 0 Å². The highest BCUT2D eigenvalue weighted by Gasteiger charge is 2.33. The van der Waals surface area contributed by atoms with Gasteiger partial charge in [-0.2, -0.15) is 0 Å². The number of aliphatic hydroxyl groups is 1. The fourth-order valence-electron chi connectivity index (χ4n) is 2.82. The summed E-state index contributed by atoms with van der Waals surface area (Å²) in [6.07, 6.45) is 6.06. The average molecular weight is 242 g/mol. The SMILES string of the molecule is CCCCC(C(=O)O)C(O)C1CCC(C)CC1. The summed E-state index contributed by atoms with van der Waals surface area (Å²) in [5, 5.41) is 19.4. The van der Waals surface area contributed by atoms with Gasteiger partial charge in [-0.05, 0) is 31.1 Å². The molecule has 0 bridgehead atoms. The lowest BCUT2D eigenvalue weighted by Crippen LogP contribution is -2.36. The largest absolute Gasteiger partial charge is 0.481 e. The Balaban J connectivity index is 2.51. The molecule has 0 heterocycles. The van der Waals surface area contributed by atoms with Crippen LogP contribution < -0.4 is 0 Å². The van der Waals surface area contributed by atoms with Gasteiger partial charge < -0.3 is 10.2 Å². The summed E-state index contributed by atoms with van der Waals surface area (Å²) in [7, 11) is 0. The van der Waals surface area contributed by atoms with E-state index in [9.17, 15) is 15.0 Å². The molecule has 2 unspecified atom stereocenters. The van der Waals surface area contributed by atoms with Crippen molar-refractivity contribution in [2.75, 3.05) is 0 Å². The Morgan fingerprint density at radius 3 is 2.35 bits per heavy atom. The number of hydrogen-bond acceptors (Lipinski definition) is 2. The van der Waals surface area contributed by atoms with Crippen molar-refractivity contribution in [3.8, 4) is 0 Å². The number of carboxylic acids is 1. The quantitative estimate of drug-likeness (QED) is 0.752. The first-order valence-corrected chi connectivity index (χ1v) is 6.97. The summed E-state index contributed by atoms with van der Waals surface area (Å²) in [4.78, 5) is 11.2. The van der Waals surface area contributed by atoms with E-state index in [1.165, 1.54) is 0 Å². The Bertz CT molecular complexity index is 232. The van der Waals surface area contributed by atoms with Crippen LogP contribution >= 0.6 is 0 Å². The molecule has 1 rings (SSSR count). The van der Waals surface area contributed by atoms with Crippen LogP contribution in [0.3, 0.4) is 0 Å². The molecule has 0 aromatic rings. The van der Waals surface area contributed by atoms with E-state index in [2.05, 4.69) is 6.92 Å². The number of carboxylic acid groups (broad SMARTS) is 1. The van der Waals surface area contributed by atoms with Crippen molar-refractivity contribution in [3.63, 3.8) is 0 Å². The third kappa shape index (κ3) is 4.30. The van der Waals surface area contributed by atoms with Crippen LogP contribution in [0, 0.1) is 17.8 Å². The molecular weight excluding hydrogens is 216 g/mol. The van der Waals surface area contributed by atoms with Crippen molar-refractivity contribution in [1.82, 2.24) is 0 Å². The molecule has 0 amide bonds. The fraction of sp³-hybridized carbons (Fsp3) is 0.929. The van der Waals surface area contributed by atoms with Crippen molar-refractivity contribution in [3.05, 3.63) is 0 Å². The van der Waals surface area contributed by atoms with E-state index in [0.29, 0.717) is 6.42 Å². The maximum Gasteiger partial charge on any atom is 0.309 e. The molecule has 1 aliphatic carbocycles. The number of aliphatic carboxylic acids is 1. The molecule has 2 N–H and O–H groups in total. The van der Waals surface area contributed by atoms with Gasteiger partial charge in [0.05, 0.1) is 12.0 Å². The van der Waals surface area contributed by atoms with Gasteiger partial charge in [-0.3, -0.25) is 4.79 Å². The molecule has 1 aliphatic rings. The summed E-state index contributed by atoms with van der Waals surface area (Å²) in [6.45, 7) is 4.28. The van der Waals surface area contributed by atoms with Gasteiger partial charge in [0.1, 0.15) is 0 Å². The number of carbonyl (C=O) groups is 1. The molecule has 0 saturated heterocycles. The zero-order valence-electron chi connectivity index (χ0n) is 11.1. The molecule has 17 heavy (non-hydrogen) atoms. The molecule has 1 saturated carbocycles. The highest BCUT2D eigenvalue weighted by atomic mass is 16.4. The minimum absolute atomic E-state index is 0.198. The van der Waals surface area contributed by atoms with Crippen molar-refractivity contribution in [1.29, 1.82) is 0 Å². The maximum atomic E-state index is 11.2.